The molecule has 2 aromatic heterocycles. The summed E-state index contributed by atoms with van der Waals surface area (Å²) in [5.41, 5.74) is 9.41. The van der Waals surface area contributed by atoms with Crippen LogP contribution >= 0.6 is 0 Å². The number of nitrogens with zero attached hydrogens (tertiary/aromatic N) is 3. The highest BCUT2D eigenvalue weighted by molar-refractivity contribution is 5.77. The maximum Gasteiger partial charge on any atom is 0.202 e. The molecular formula is C13H12N4. The lowest BCUT2D eigenvalue weighted by atomic mass is 10.1. The molecule has 0 aliphatic heterocycles. The van der Waals surface area contributed by atoms with Crippen LogP contribution in [0.3, 0.4) is 0 Å². The first-order chi connectivity index (χ1) is 8.25. The van der Waals surface area contributed by atoms with Gasteiger partial charge < -0.3 is 5.73 Å². The minimum absolute atomic E-state index is 0.484. The lowest BCUT2D eigenvalue weighted by molar-refractivity contribution is 0.948. The summed E-state index contributed by atoms with van der Waals surface area (Å²) in [4.78, 5) is 8.81. The van der Waals surface area contributed by atoms with Gasteiger partial charge in [0.2, 0.25) is 5.95 Å². The predicted molar refractivity (Wildman–Crippen MR) is 68.4 cm³/mol. The maximum absolute atomic E-state index is 5.75. The fourth-order valence-corrected chi connectivity index (χ4v) is 1.85. The molecule has 0 aliphatic rings. The zero-order valence-electron chi connectivity index (χ0n) is 9.46. The minimum atomic E-state index is 0.484. The normalized spacial score (nSPS) is 10.9. The van der Waals surface area contributed by atoms with Crippen LogP contribution in [0.5, 0.6) is 0 Å². The Bertz CT molecular complexity index is 670. The molecule has 2 N–H and O–H groups in total. The third-order valence-corrected chi connectivity index (χ3v) is 2.82. The fourth-order valence-electron chi connectivity index (χ4n) is 1.85. The van der Waals surface area contributed by atoms with Gasteiger partial charge in [-0.05, 0) is 12.1 Å². The molecule has 4 nitrogen and oxygen atoms in total. The van der Waals surface area contributed by atoms with Gasteiger partial charge in [0.05, 0.1) is 5.69 Å². The number of aromatic nitrogens is 3. The van der Waals surface area contributed by atoms with E-state index >= 15 is 0 Å². The van der Waals surface area contributed by atoms with Gasteiger partial charge in [0.25, 0.3) is 0 Å². The Kier molecular flexibility index (Phi) is 2.08. The largest absolute Gasteiger partial charge is 0.369 e. The lowest BCUT2D eigenvalue weighted by Crippen LogP contribution is -1.97. The van der Waals surface area contributed by atoms with Crippen molar-refractivity contribution in [1.29, 1.82) is 0 Å². The third-order valence-electron chi connectivity index (χ3n) is 2.82. The van der Waals surface area contributed by atoms with Crippen molar-refractivity contribution in [2.75, 3.05) is 5.73 Å². The number of hydrogen-bond acceptors (Lipinski definition) is 3. The van der Waals surface area contributed by atoms with Crippen molar-refractivity contribution in [3.05, 3.63) is 42.5 Å². The van der Waals surface area contributed by atoms with Crippen LogP contribution in [0.25, 0.3) is 22.4 Å². The number of aryl methyl sites for hydroxylation is 1. The van der Waals surface area contributed by atoms with Gasteiger partial charge >= 0.3 is 0 Å². The molecule has 2 heterocycles. The highest BCUT2D eigenvalue weighted by Gasteiger charge is 2.07. The molecule has 17 heavy (non-hydrogen) atoms. The molecule has 0 spiro atoms. The number of anilines is 1. The van der Waals surface area contributed by atoms with E-state index in [-0.39, 0.29) is 0 Å². The highest BCUT2D eigenvalue weighted by Crippen LogP contribution is 2.21. The van der Waals surface area contributed by atoms with Crippen LogP contribution in [0.1, 0.15) is 0 Å². The van der Waals surface area contributed by atoms with Gasteiger partial charge in [-0.25, -0.2) is 9.97 Å². The molecule has 3 rings (SSSR count). The average Bonchev–Trinajstić information content (AvgIpc) is 2.66. The Morgan fingerprint density at radius 2 is 1.76 bits per heavy atom. The van der Waals surface area contributed by atoms with Crippen LogP contribution in [-0.4, -0.2) is 14.5 Å². The Balaban J connectivity index is 2.23. The van der Waals surface area contributed by atoms with E-state index in [1.165, 1.54) is 0 Å². The van der Waals surface area contributed by atoms with Crippen LogP contribution in [0.2, 0.25) is 0 Å². The molecule has 0 fully saturated rings. The summed E-state index contributed by atoms with van der Waals surface area (Å²) >= 11 is 0. The number of benzene rings is 1. The molecule has 0 amide bonds. The van der Waals surface area contributed by atoms with Crippen molar-refractivity contribution in [2.45, 2.75) is 0 Å². The van der Waals surface area contributed by atoms with E-state index in [1.807, 2.05) is 49.5 Å². The summed E-state index contributed by atoms with van der Waals surface area (Å²) in [6.07, 6.45) is 0. The minimum Gasteiger partial charge on any atom is -0.369 e. The second-order valence-corrected chi connectivity index (χ2v) is 3.93. The van der Waals surface area contributed by atoms with E-state index in [9.17, 15) is 0 Å². The summed E-state index contributed by atoms with van der Waals surface area (Å²) < 4.78 is 1.79. The van der Waals surface area contributed by atoms with Crippen molar-refractivity contribution in [3.8, 4) is 11.3 Å². The zero-order chi connectivity index (χ0) is 11.8. The molecule has 4 heteroatoms. The van der Waals surface area contributed by atoms with Gasteiger partial charge in [0, 0.05) is 12.6 Å². The Morgan fingerprint density at radius 3 is 2.53 bits per heavy atom. The SMILES string of the molecule is Cn1c(N)nc2ccc(-c3ccccc3)nc21. The summed E-state index contributed by atoms with van der Waals surface area (Å²) in [5, 5.41) is 0. The third kappa shape index (κ3) is 1.54. The first-order valence-electron chi connectivity index (χ1n) is 5.40. The Hall–Kier alpha value is -2.36. The van der Waals surface area contributed by atoms with E-state index < -0.39 is 0 Å². The van der Waals surface area contributed by atoms with Gasteiger partial charge in [0.1, 0.15) is 5.52 Å². The number of fused-ring (bicyclic) bond motifs is 1. The van der Waals surface area contributed by atoms with E-state index in [0.717, 1.165) is 22.4 Å². The second kappa shape index (κ2) is 3.59. The number of pyridine rings is 1. The number of rotatable bonds is 1. The standard InChI is InChI=1S/C13H12N4/c1-17-12-11(16-13(17)14)8-7-10(15-12)9-5-3-2-4-6-9/h2-8H,1H3,(H2,14,16). The number of hydrogen-bond donors (Lipinski definition) is 1. The van der Waals surface area contributed by atoms with Crippen LogP contribution < -0.4 is 5.73 Å². The Labute approximate surface area is 98.7 Å². The molecule has 1 aromatic carbocycles. The summed E-state index contributed by atoms with van der Waals surface area (Å²) in [7, 11) is 1.87. The predicted octanol–water partition coefficient (Wildman–Crippen LogP) is 2.22. The van der Waals surface area contributed by atoms with Crippen LogP contribution in [0, 0.1) is 0 Å². The van der Waals surface area contributed by atoms with Gasteiger partial charge in [-0.15, -0.1) is 0 Å². The molecule has 84 valence electrons. The zero-order valence-corrected chi connectivity index (χ0v) is 9.46. The van der Waals surface area contributed by atoms with Crippen LogP contribution in [0.4, 0.5) is 5.95 Å². The van der Waals surface area contributed by atoms with Gasteiger partial charge in [0.15, 0.2) is 5.65 Å². The van der Waals surface area contributed by atoms with Gasteiger partial charge in [-0.1, -0.05) is 30.3 Å². The number of nitrogen functional groups attached to an aromatic ring is 1. The summed E-state index contributed by atoms with van der Waals surface area (Å²) in [6, 6.07) is 14.0. The first kappa shape index (κ1) is 9.84. The molecular weight excluding hydrogens is 212 g/mol. The summed E-state index contributed by atoms with van der Waals surface area (Å²) in [5.74, 6) is 0.484. The molecule has 0 atom stereocenters. The van der Waals surface area contributed by atoms with Crippen LogP contribution in [0.15, 0.2) is 42.5 Å². The van der Waals surface area contributed by atoms with Gasteiger partial charge in [-0.3, -0.25) is 4.57 Å². The maximum atomic E-state index is 5.75. The van der Waals surface area contributed by atoms with Crippen molar-refractivity contribution in [3.63, 3.8) is 0 Å². The van der Waals surface area contributed by atoms with Gasteiger partial charge in [-0.2, -0.15) is 0 Å². The molecule has 0 saturated carbocycles. The molecule has 3 aromatic rings. The van der Waals surface area contributed by atoms with Crippen LogP contribution in [-0.2, 0) is 7.05 Å². The topological polar surface area (TPSA) is 56.7 Å². The van der Waals surface area contributed by atoms with E-state index in [4.69, 9.17) is 5.73 Å². The highest BCUT2D eigenvalue weighted by atomic mass is 15.2. The molecule has 0 unspecified atom stereocenters. The number of imidazole rings is 1. The monoisotopic (exact) mass is 224 g/mol. The van der Waals surface area contributed by atoms with Crippen molar-refractivity contribution >= 4 is 17.1 Å². The van der Waals surface area contributed by atoms with Crippen molar-refractivity contribution < 1.29 is 0 Å². The van der Waals surface area contributed by atoms with E-state index in [2.05, 4.69) is 9.97 Å². The fraction of sp³-hybridized carbons (Fsp3) is 0.0769. The van der Waals surface area contributed by atoms with Crippen molar-refractivity contribution in [2.24, 2.45) is 7.05 Å². The molecule has 0 bridgehead atoms. The first-order valence-corrected chi connectivity index (χ1v) is 5.40. The average molecular weight is 224 g/mol. The second-order valence-electron chi connectivity index (χ2n) is 3.93. The Morgan fingerprint density at radius 1 is 1.00 bits per heavy atom. The lowest BCUT2D eigenvalue weighted by Gasteiger charge is -2.01. The smallest absolute Gasteiger partial charge is 0.202 e. The number of nitrogens with two attached hydrogens (primary N) is 1. The molecule has 0 aliphatic carbocycles. The van der Waals surface area contributed by atoms with Crippen molar-refractivity contribution in [1.82, 2.24) is 14.5 Å². The quantitative estimate of drug-likeness (QED) is 0.689. The molecule has 0 saturated heterocycles. The summed E-state index contributed by atoms with van der Waals surface area (Å²) in [6.45, 7) is 0. The van der Waals surface area contributed by atoms with E-state index in [1.54, 1.807) is 4.57 Å². The van der Waals surface area contributed by atoms with E-state index in [0.29, 0.717) is 5.95 Å². The molecule has 0 radical (unpaired) electrons.